The molecule has 2 fully saturated rings. The van der Waals surface area contributed by atoms with Crippen LogP contribution in [0.4, 0.5) is 5.82 Å². The molecule has 4 aromatic rings. The zero-order valence-electron chi connectivity index (χ0n) is 23.6. The van der Waals surface area contributed by atoms with Crippen LogP contribution in [0.1, 0.15) is 32.6 Å². The van der Waals surface area contributed by atoms with E-state index in [1.54, 1.807) is 17.8 Å². The molecule has 1 aromatic carbocycles. The van der Waals surface area contributed by atoms with Gasteiger partial charge in [-0.1, -0.05) is 44.2 Å². The molecule has 2 aliphatic rings. The van der Waals surface area contributed by atoms with Crippen LogP contribution >= 0.6 is 11.6 Å². The monoisotopic (exact) mass is 563 g/mol. The first-order valence-electron chi connectivity index (χ1n) is 14.1. The number of hydrogen-bond donors (Lipinski definition) is 0. The first-order valence-corrected chi connectivity index (χ1v) is 18.2. The molecular formula is C30H38ClN5O2Si. The van der Waals surface area contributed by atoms with Crippen molar-refractivity contribution in [2.75, 3.05) is 11.5 Å². The lowest BCUT2D eigenvalue weighted by molar-refractivity contribution is 0.0899. The number of ether oxygens (including phenoxy) is 1. The van der Waals surface area contributed by atoms with Crippen molar-refractivity contribution in [3.05, 3.63) is 52.2 Å². The second kappa shape index (κ2) is 10.1. The molecule has 0 radical (unpaired) electrons. The van der Waals surface area contributed by atoms with E-state index < -0.39 is 8.07 Å². The molecule has 0 aliphatic carbocycles. The van der Waals surface area contributed by atoms with Crippen LogP contribution in [0.2, 0.25) is 30.7 Å². The van der Waals surface area contributed by atoms with E-state index in [-0.39, 0.29) is 5.56 Å². The van der Waals surface area contributed by atoms with Crippen LogP contribution in [-0.2, 0) is 18.5 Å². The van der Waals surface area contributed by atoms with E-state index in [2.05, 4.69) is 42.2 Å². The second-order valence-corrected chi connectivity index (χ2v) is 18.7. The second-order valence-electron chi connectivity index (χ2n) is 12.7. The minimum Gasteiger partial charge on any atom is -0.361 e. The van der Waals surface area contributed by atoms with Crippen molar-refractivity contribution in [1.82, 2.24) is 19.1 Å². The third kappa shape index (κ3) is 4.91. The molecular weight excluding hydrogens is 526 g/mol. The first-order chi connectivity index (χ1) is 18.6. The predicted octanol–water partition coefficient (Wildman–Crippen LogP) is 6.68. The average molecular weight is 564 g/mol. The maximum Gasteiger partial charge on any atom is 0.258 e. The van der Waals surface area contributed by atoms with Crippen LogP contribution in [0.15, 0.2) is 41.6 Å². The first kappa shape index (κ1) is 26.5. The normalized spacial score (nSPS) is 21.4. The molecule has 6 rings (SSSR count). The average Bonchev–Trinajstić information content (AvgIpc) is 3.38. The zero-order chi connectivity index (χ0) is 27.5. The summed E-state index contributed by atoms with van der Waals surface area (Å²) in [7, 11) is 0.554. The summed E-state index contributed by atoms with van der Waals surface area (Å²) in [5, 5.41) is 1.90. The lowest BCUT2D eigenvalue weighted by Crippen LogP contribution is -2.43. The molecule has 2 bridgehead atoms. The third-order valence-electron chi connectivity index (χ3n) is 8.50. The largest absolute Gasteiger partial charge is 0.361 e. The van der Waals surface area contributed by atoms with Gasteiger partial charge in [-0.15, -0.1) is 0 Å². The van der Waals surface area contributed by atoms with Gasteiger partial charge in [0.15, 0.2) is 5.65 Å². The smallest absolute Gasteiger partial charge is 0.258 e. The van der Waals surface area contributed by atoms with Crippen LogP contribution in [-0.4, -0.2) is 45.9 Å². The predicted molar refractivity (Wildman–Crippen MR) is 163 cm³/mol. The van der Waals surface area contributed by atoms with Crippen molar-refractivity contribution < 1.29 is 4.74 Å². The molecule has 206 valence electrons. The van der Waals surface area contributed by atoms with Gasteiger partial charge in [0.05, 0.1) is 11.2 Å². The van der Waals surface area contributed by atoms with Crippen molar-refractivity contribution in [2.24, 2.45) is 13.0 Å². The molecule has 2 saturated heterocycles. The van der Waals surface area contributed by atoms with Gasteiger partial charge in [0.1, 0.15) is 18.1 Å². The van der Waals surface area contributed by atoms with Gasteiger partial charge in [-0.05, 0) is 49.8 Å². The van der Waals surface area contributed by atoms with Gasteiger partial charge in [0, 0.05) is 68.1 Å². The molecule has 5 heterocycles. The van der Waals surface area contributed by atoms with Crippen molar-refractivity contribution in [3.8, 4) is 11.1 Å². The van der Waals surface area contributed by atoms with Crippen LogP contribution in [0.25, 0.3) is 33.1 Å². The number of anilines is 1. The van der Waals surface area contributed by atoms with E-state index in [4.69, 9.17) is 26.3 Å². The standard InChI is InChI=1S/C30H38ClN5O2Si/c1-19-14-20-6-7-21(15-19)36(20)26-16-32-28-25(17-35(29(28)33-26)18-38-12-13-39(3,4)5)22-8-9-24-23(27(22)31)10-11-34(2)30(24)37/h8-11,16-17,19-21H,6-7,12-15,18H2,1-5H3/t19?,20-,21+. The molecule has 0 N–H and O–H groups in total. The topological polar surface area (TPSA) is 65.2 Å². The maximum atomic E-state index is 12.7. The van der Waals surface area contributed by atoms with Crippen molar-refractivity contribution in [3.63, 3.8) is 0 Å². The summed E-state index contributed by atoms with van der Waals surface area (Å²) in [6.07, 6.45) is 10.6. The zero-order valence-corrected chi connectivity index (χ0v) is 25.3. The van der Waals surface area contributed by atoms with Crippen molar-refractivity contribution in [2.45, 2.75) is 77.1 Å². The van der Waals surface area contributed by atoms with Crippen molar-refractivity contribution >= 4 is 47.4 Å². The SMILES string of the molecule is CC1C[C@H]2CC[C@@H](C1)N2c1cnc2c(-c3ccc4c(=O)n(C)ccc4c3Cl)cn(COCC[Si](C)(C)C)c2n1. The van der Waals surface area contributed by atoms with E-state index >= 15 is 0 Å². The van der Waals surface area contributed by atoms with E-state index in [0.717, 1.165) is 52.1 Å². The van der Waals surface area contributed by atoms with E-state index in [9.17, 15) is 4.79 Å². The number of halogens is 1. The molecule has 0 amide bonds. The number of rotatable bonds is 7. The molecule has 3 aromatic heterocycles. The Morgan fingerprint density at radius 1 is 1.08 bits per heavy atom. The molecule has 0 saturated carbocycles. The van der Waals surface area contributed by atoms with Gasteiger partial charge in [-0.2, -0.15) is 0 Å². The molecule has 39 heavy (non-hydrogen) atoms. The Kier molecular flexibility index (Phi) is 6.84. The summed E-state index contributed by atoms with van der Waals surface area (Å²) in [4.78, 5) is 25.4. The highest BCUT2D eigenvalue weighted by atomic mass is 35.5. The number of benzene rings is 1. The Labute approximate surface area is 235 Å². The molecule has 0 spiro atoms. The maximum absolute atomic E-state index is 12.7. The van der Waals surface area contributed by atoms with Crippen LogP contribution in [0, 0.1) is 5.92 Å². The van der Waals surface area contributed by atoms with Gasteiger partial charge >= 0.3 is 0 Å². The number of pyridine rings is 1. The minimum absolute atomic E-state index is 0.0610. The Hall–Kier alpha value is -2.68. The fraction of sp³-hybridized carbons (Fsp3) is 0.500. The summed E-state index contributed by atoms with van der Waals surface area (Å²) < 4.78 is 9.82. The fourth-order valence-corrected chi connectivity index (χ4v) is 7.50. The molecule has 9 heteroatoms. The summed E-state index contributed by atoms with van der Waals surface area (Å²) in [6.45, 7) is 10.6. The van der Waals surface area contributed by atoms with Crippen LogP contribution < -0.4 is 10.5 Å². The highest BCUT2D eigenvalue weighted by Gasteiger charge is 2.40. The molecule has 1 unspecified atom stereocenters. The van der Waals surface area contributed by atoms with Gasteiger partial charge in [-0.25, -0.2) is 9.97 Å². The Bertz CT molecular complexity index is 1590. The lowest BCUT2D eigenvalue weighted by Gasteiger charge is -2.38. The van der Waals surface area contributed by atoms with Gasteiger partial charge in [-0.3, -0.25) is 4.79 Å². The quantitative estimate of drug-likeness (QED) is 0.185. The Morgan fingerprint density at radius 3 is 2.54 bits per heavy atom. The summed E-state index contributed by atoms with van der Waals surface area (Å²) >= 11 is 6.96. The highest BCUT2D eigenvalue weighted by Crippen LogP contribution is 2.42. The van der Waals surface area contributed by atoms with Gasteiger partial charge in [0.2, 0.25) is 0 Å². The molecule has 2 aliphatic heterocycles. The fourth-order valence-electron chi connectivity index (χ4n) is 6.42. The lowest BCUT2D eigenvalue weighted by atomic mass is 9.92. The third-order valence-corrected chi connectivity index (χ3v) is 10.6. The summed E-state index contributed by atoms with van der Waals surface area (Å²) in [5.74, 6) is 1.72. The summed E-state index contributed by atoms with van der Waals surface area (Å²) in [6, 6.07) is 7.88. The van der Waals surface area contributed by atoms with E-state index in [0.29, 0.717) is 29.2 Å². The van der Waals surface area contributed by atoms with Gasteiger partial charge < -0.3 is 18.8 Å². The number of fused-ring (bicyclic) bond motifs is 4. The summed E-state index contributed by atoms with van der Waals surface area (Å²) in [5.41, 5.74) is 3.30. The molecule has 3 atom stereocenters. The van der Waals surface area contributed by atoms with E-state index in [1.165, 1.54) is 25.7 Å². The Balaban J connectivity index is 1.43. The van der Waals surface area contributed by atoms with Gasteiger partial charge in [0.25, 0.3) is 5.56 Å². The number of hydrogen-bond acceptors (Lipinski definition) is 5. The Morgan fingerprint density at radius 2 is 1.82 bits per heavy atom. The van der Waals surface area contributed by atoms with E-state index in [1.807, 2.05) is 24.4 Å². The number of piperidine rings is 1. The highest BCUT2D eigenvalue weighted by molar-refractivity contribution is 6.76. The number of nitrogens with zero attached hydrogens (tertiary/aromatic N) is 5. The molecule has 7 nitrogen and oxygen atoms in total. The number of aromatic nitrogens is 4. The van der Waals surface area contributed by atoms with Crippen LogP contribution in [0.5, 0.6) is 0 Å². The van der Waals surface area contributed by atoms with Crippen molar-refractivity contribution in [1.29, 1.82) is 0 Å². The number of aryl methyl sites for hydroxylation is 1. The van der Waals surface area contributed by atoms with Crippen LogP contribution in [0.3, 0.4) is 0 Å². The minimum atomic E-state index is -1.20.